The van der Waals surface area contributed by atoms with Gasteiger partial charge in [0, 0.05) is 37.8 Å². The van der Waals surface area contributed by atoms with Gasteiger partial charge in [0.25, 0.3) is 5.91 Å². The molecular weight excluding hydrogens is 389 g/mol. The number of hydrogen-bond donors (Lipinski definition) is 0. The SMILES string of the molecule is O=C(c1cnc2ccc(F)cc2c1N1CCC(Cc2ccccc2)CC1)N1CCCC1. The highest BCUT2D eigenvalue weighted by Crippen LogP contribution is 2.35. The van der Waals surface area contributed by atoms with Gasteiger partial charge in [0.15, 0.2) is 0 Å². The number of pyridine rings is 1. The van der Waals surface area contributed by atoms with Gasteiger partial charge in [-0.25, -0.2) is 4.39 Å². The van der Waals surface area contributed by atoms with Gasteiger partial charge in [-0.15, -0.1) is 0 Å². The topological polar surface area (TPSA) is 36.4 Å². The highest BCUT2D eigenvalue weighted by Gasteiger charge is 2.28. The number of nitrogens with zero attached hydrogens (tertiary/aromatic N) is 3. The number of fused-ring (bicyclic) bond motifs is 1. The average Bonchev–Trinajstić information content (AvgIpc) is 3.34. The number of piperidine rings is 1. The Hall–Kier alpha value is -2.95. The molecule has 160 valence electrons. The monoisotopic (exact) mass is 417 g/mol. The molecular formula is C26H28FN3O. The maximum atomic E-state index is 14.2. The summed E-state index contributed by atoms with van der Waals surface area (Å²) >= 11 is 0. The zero-order chi connectivity index (χ0) is 21.2. The molecule has 31 heavy (non-hydrogen) atoms. The molecule has 2 fully saturated rings. The number of benzene rings is 2. The molecule has 0 spiro atoms. The summed E-state index contributed by atoms with van der Waals surface area (Å²) in [6.45, 7) is 3.32. The third kappa shape index (κ3) is 4.14. The maximum absolute atomic E-state index is 14.2. The van der Waals surface area contributed by atoms with Crippen LogP contribution in [0.3, 0.4) is 0 Å². The summed E-state index contributed by atoms with van der Waals surface area (Å²) in [5, 5.41) is 0.742. The fraction of sp³-hybridized carbons (Fsp3) is 0.385. The van der Waals surface area contributed by atoms with Gasteiger partial charge in [-0.2, -0.15) is 0 Å². The number of carbonyl (C=O) groups excluding carboxylic acids is 1. The van der Waals surface area contributed by atoms with Gasteiger partial charge in [-0.05, 0) is 61.8 Å². The fourth-order valence-electron chi connectivity index (χ4n) is 5.05. The van der Waals surface area contributed by atoms with Gasteiger partial charge >= 0.3 is 0 Å². The van der Waals surface area contributed by atoms with Crippen molar-refractivity contribution in [3.05, 3.63) is 71.7 Å². The van der Waals surface area contributed by atoms with Crippen molar-refractivity contribution in [1.82, 2.24) is 9.88 Å². The molecule has 5 rings (SSSR count). The van der Waals surface area contributed by atoms with Crippen LogP contribution >= 0.6 is 0 Å². The third-order valence-corrected chi connectivity index (χ3v) is 6.72. The molecule has 0 saturated carbocycles. The van der Waals surface area contributed by atoms with E-state index in [0.717, 1.165) is 74.9 Å². The zero-order valence-corrected chi connectivity index (χ0v) is 17.8. The van der Waals surface area contributed by atoms with Crippen LogP contribution in [0.25, 0.3) is 10.9 Å². The Morgan fingerprint density at radius 1 is 1.00 bits per heavy atom. The van der Waals surface area contributed by atoms with Gasteiger partial charge in [0.1, 0.15) is 5.82 Å². The van der Waals surface area contributed by atoms with E-state index < -0.39 is 0 Å². The van der Waals surface area contributed by atoms with E-state index in [9.17, 15) is 9.18 Å². The second-order valence-electron chi connectivity index (χ2n) is 8.80. The van der Waals surface area contributed by atoms with Crippen molar-refractivity contribution in [3.63, 3.8) is 0 Å². The van der Waals surface area contributed by atoms with Crippen LogP contribution in [0.1, 0.15) is 41.6 Å². The Morgan fingerprint density at radius 2 is 1.74 bits per heavy atom. The Morgan fingerprint density at radius 3 is 2.48 bits per heavy atom. The second kappa shape index (κ2) is 8.66. The van der Waals surface area contributed by atoms with E-state index in [4.69, 9.17) is 0 Å². The maximum Gasteiger partial charge on any atom is 0.257 e. The largest absolute Gasteiger partial charge is 0.370 e. The molecule has 3 aromatic rings. The summed E-state index contributed by atoms with van der Waals surface area (Å²) < 4.78 is 14.2. The van der Waals surface area contributed by atoms with Crippen molar-refractivity contribution in [2.45, 2.75) is 32.1 Å². The van der Waals surface area contributed by atoms with E-state index in [-0.39, 0.29) is 11.7 Å². The van der Waals surface area contributed by atoms with Crippen LogP contribution in [-0.2, 0) is 6.42 Å². The first-order valence-corrected chi connectivity index (χ1v) is 11.4. The minimum absolute atomic E-state index is 0.0255. The van der Waals surface area contributed by atoms with Crippen molar-refractivity contribution in [2.24, 2.45) is 5.92 Å². The molecule has 0 atom stereocenters. The summed E-state index contributed by atoms with van der Waals surface area (Å²) in [5.74, 6) is 0.360. The summed E-state index contributed by atoms with van der Waals surface area (Å²) in [7, 11) is 0. The van der Waals surface area contributed by atoms with Crippen LogP contribution < -0.4 is 4.90 Å². The van der Waals surface area contributed by atoms with Crippen molar-refractivity contribution in [3.8, 4) is 0 Å². The van der Waals surface area contributed by atoms with Crippen molar-refractivity contribution >= 4 is 22.5 Å². The molecule has 2 aliphatic heterocycles. The van der Waals surface area contributed by atoms with Crippen LogP contribution in [-0.4, -0.2) is 42.0 Å². The van der Waals surface area contributed by atoms with Gasteiger partial charge in [0.2, 0.25) is 0 Å². The Balaban J connectivity index is 1.44. The number of carbonyl (C=O) groups is 1. The van der Waals surface area contributed by atoms with Crippen molar-refractivity contribution in [1.29, 1.82) is 0 Å². The lowest BCUT2D eigenvalue weighted by Gasteiger charge is -2.35. The number of amides is 1. The van der Waals surface area contributed by atoms with Crippen LogP contribution in [0.15, 0.2) is 54.7 Å². The molecule has 1 aromatic heterocycles. The first-order valence-electron chi connectivity index (χ1n) is 11.4. The third-order valence-electron chi connectivity index (χ3n) is 6.72. The summed E-state index contributed by atoms with van der Waals surface area (Å²) in [6, 6.07) is 15.3. The number of aromatic nitrogens is 1. The minimum atomic E-state index is -0.291. The van der Waals surface area contributed by atoms with E-state index in [1.807, 2.05) is 4.90 Å². The highest BCUT2D eigenvalue weighted by atomic mass is 19.1. The highest BCUT2D eigenvalue weighted by molar-refractivity contribution is 6.07. The van der Waals surface area contributed by atoms with Crippen LogP contribution in [0.5, 0.6) is 0 Å². The minimum Gasteiger partial charge on any atom is -0.370 e. The van der Waals surface area contributed by atoms with E-state index >= 15 is 0 Å². The van der Waals surface area contributed by atoms with E-state index in [1.165, 1.54) is 17.7 Å². The van der Waals surface area contributed by atoms with Gasteiger partial charge in [-0.3, -0.25) is 9.78 Å². The van der Waals surface area contributed by atoms with Crippen molar-refractivity contribution < 1.29 is 9.18 Å². The molecule has 3 heterocycles. The van der Waals surface area contributed by atoms with Crippen LogP contribution in [0.4, 0.5) is 10.1 Å². The number of hydrogen-bond acceptors (Lipinski definition) is 3. The van der Waals surface area contributed by atoms with Gasteiger partial charge in [-0.1, -0.05) is 30.3 Å². The lowest BCUT2D eigenvalue weighted by molar-refractivity contribution is 0.0793. The van der Waals surface area contributed by atoms with Crippen molar-refractivity contribution in [2.75, 3.05) is 31.1 Å². The Kier molecular flexibility index (Phi) is 5.58. The van der Waals surface area contributed by atoms with Crippen LogP contribution in [0.2, 0.25) is 0 Å². The van der Waals surface area contributed by atoms with E-state index in [1.54, 1.807) is 12.3 Å². The first kappa shape index (κ1) is 20.0. The smallest absolute Gasteiger partial charge is 0.257 e. The molecule has 2 aliphatic rings. The molecule has 0 aliphatic carbocycles. The Labute approximate surface area is 182 Å². The first-order chi connectivity index (χ1) is 15.2. The molecule has 2 saturated heterocycles. The number of rotatable bonds is 4. The normalized spacial score (nSPS) is 17.5. The summed E-state index contributed by atoms with van der Waals surface area (Å²) in [6.07, 6.45) is 6.99. The molecule has 0 N–H and O–H groups in total. The van der Waals surface area contributed by atoms with E-state index in [2.05, 4.69) is 40.2 Å². The van der Waals surface area contributed by atoms with Gasteiger partial charge < -0.3 is 9.80 Å². The molecule has 4 nitrogen and oxygen atoms in total. The molecule has 0 bridgehead atoms. The number of halogens is 1. The molecule has 0 radical (unpaired) electrons. The standard InChI is InChI=1S/C26H28FN3O/c27-21-8-9-24-22(17-21)25(23(18-28-24)26(31)30-12-4-5-13-30)29-14-10-20(11-15-29)16-19-6-2-1-3-7-19/h1-3,6-9,17-18,20H,4-5,10-16H2. The predicted octanol–water partition coefficient (Wildman–Crippen LogP) is 5.07. The van der Waals surface area contributed by atoms with Gasteiger partial charge in [0.05, 0.1) is 16.8 Å². The molecule has 0 unspecified atom stereocenters. The lowest BCUT2D eigenvalue weighted by Crippen LogP contribution is -2.37. The average molecular weight is 418 g/mol. The lowest BCUT2D eigenvalue weighted by atomic mass is 9.89. The number of anilines is 1. The second-order valence-corrected chi connectivity index (χ2v) is 8.80. The summed E-state index contributed by atoms with van der Waals surface area (Å²) in [4.78, 5) is 22.0. The molecule has 5 heteroatoms. The Bertz CT molecular complexity index is 1070. The van der Waals surface area contributed by atoms with E-state index in [0.29, 0.717) is 11.5 Å². The van der Waals surface area contributed by atoms with Crippen LogP contribution in [0, 0.1) is 11.7 Å². The molecule has 1 amide bonds. The summed E-state index contributed by atoms with van der Waals surface area (Å²) in [5.41, 5.74) is 3.59. The zero-order valence-electron chi connectivity index (χ0n) is 17.8. The number of likely N-dealkylation sites (tertiary alicyclic amines) is 1. The predicted molar refractivity (Wildman–Crippen MR) is 122 cm³/mol. The fourth-order valence-corrected chi connectivity index (χ4v) is 5.05. The quantitative estimate of drug-likeness (QED) is 0.595. The molecule has 2 aromatic carbocycles.